The van der Waals surface area contributed by atoms with E-state index >= 15 is 0 Å². The summed E-state index contributed by atoms with van der Waals surface area (Å²) < 4.78 is 4.88. The van der Waals surface area contributed by atoms with Crippen LogP contribution in [0.15, 0.2) is 29.2 Å². The van der Waals surface area contributed by atoms with Crippen molar-refractivity contribution in [3.05, 3.63) is 24.3 Å². The van der Waals surface area contributed by atoms with Crippen molar-refractivity contribution >= 4 is 29.4 Å². The van der Waals surface area contributed by atoms with Crippen LogP contribution in [-0.2, 0) is 9.53 Å². The van der Waals surface area contributed by atoms with Gasteiger partial charge in [0.2, 0.25) is 5.91 Å². The Morgan fingerprint density at radius 1 is 1.29 bits per heavy atom. The first-order valence-electron chi connectivity index (χ1n) is 7.19. The molecule has 2 aliphatic heterocycles. The number of amides is 2. The Morgan fingerprint density at radius 2 is 2.14 bits per heavy atom. The number of carbonyl (C=O) groups excluding carboxylic acids is 2. The normalized spacial score (nSPS) is 18.2. The van der Waals surface area contributed by atoms with E-state index in [4.69, 9.17) is 4.74 Å². The summed E-state index contributed by atoms with van der Waals surface area (Å²) in [6.07, 6.45) is 1.01. The van der Waals surface area contributed by atoms with Crippen LogP contribution in [0, 0.1) is 0 Å². The second-order valence-electron chi connectivity index (χ2n) is 5.07. The molecule has 0 bridgehead atoms. The first kappa shape index (κ1) is 14.3. The Hall–Kier alpha value is -1.69. The lowest BCUT2D eigenvalue weighted by Crippen LogP contribution is -2.35. The molecule has 2 amide bonds. The molecule has 21 heavy (non-hydrogen) atoms. The summed E-state index contributed by atoms with van der Waals surface area (Å²) in [7, 11) is 0. The molecular weight excluding hydrogens is 288 g/mol. The first-order valence-corrected chi connectivity index (χ1v) is 8.18. The molecule has 1 fully saturated rings. The SMILES string of the molecule is O=C1OCCN1CCC(=O)N1CCCSc2ccccc21. The number of benzene rings is 1. The molecular formula is C15H18N2O3S. The Bertz CT molecular complexity index is 549. The van der Waals surface area contributed by atoms with Crippen molar-refractivity contribution < 1.29 is 14.3 Å². The van der Waals surface area contributed by atoms with Crippen LogP contribution in [0.5, 0.6) is 0 Å². The summed E-state index contributed by atoms with van der Waals surface area (Å²) in [4.78, 5) is 28.5. The number of cyclic esters (lactones) is 1. The van der Waals surface area contributed by atoms with Crippen LogP contribution in [0.25, 0.3) is 0 Å². The van der Waals surface area contributed by atoms with Crippen molar-refractivity contribution in [2.45, 2.75) is 17.7 Å². The summed E-state index contributed by atoms with van der Waals surface area (Å²) >= 11 is 1.80. The van der Waals surface area contributed by atoms with Gasteiger partial charge in [-0.1, -0.05) is 12.1 Å². The van der Waals surface area contributed by atoms with Gasteiger partial charge in [-0.2, -0.15) is 0 Å². The zero-order valence-corrected chi connectivity index (χ0v) is 12.6. The van der Waals surface area contributed by atoms with Gasteiger partial charge in [0.25, 0.3) is 0 Å². The largest absolute Gasteiger partial charge is 0.448 e. The highest BCUT2D eigenvalue weighted by Gasteiger charge is 2.25. The number of ether oxygens (including phenoxy) is 1. The van der Waals surface area contributed by atoms with Gasteiger partial charge in [0.05, 0.1) is 12.2 Å². The molecule has 5 nitrogen and oxygen atoms in total. The van der Waals surface area contributed by atoms with Crippen LogP contribution in [0.4, 0.5) is 10.5 Å². The molecule has 0 aromatic heterocycles. The minimum atomic E-state index is -0.311. The molecule has 0 N–H and O–H groups in total. The number of fused-ring (bicyclic) bond motifs is 1. The highest BCUT2D eigenvalue weighted by atomic mass is 32.2. The number of carbonyl (C=O) groups is 2. The fourth-order valence-electron chi connectivity index (χ4n) is 2.58. The number of nitrogens with zero attached hydrogens (tertiary/aromatic N) is 2. The Labute approximate surface area is 128 Å². The molecule has 2 heterocycles. The van der Waals surface area contributed by atoms with Gasteiger partial charge in [-0.05, 0) is 24.3 Å². The number of hydrogen-bond donors (Lipinski definition) is 0. The Kier molecular flexibility index (Phi) is 4.34. The molecule has 0 radical (unpaired) electrons. The molecule has 0 atom stereocenters. The average Bonchev–Trinajstić information content (AvgIpc) is 2.79. The van der Waals surface area contributed by atoms with Crippen LogP contribution < -0.4 is 4.90 Å². The lowest BCUT2D eigenvalue weighted by molar-refractivity contribution is -0.118. The molecule has 0 saturated carbocycles. The van der Waals surface area contributed by atoms with Gasteiger partial charge in [0, 0.05) is 24.4 Å². The van der Waals surface area contributed by atoms with E-state index in [2.05, 4.69) is 6.07 Å². The maximum Gasteiger partial charge on any atom is 0.409 e. The van der Waals surface area contributed by atoms with E-state index in [0.29, 0.717) is 26.1 Å². The van der Waals surface area contributed by atoms with E-state index in [0.717, 1.165) is 29.3 Å². The molecule has 1 saturated heterocycles. The second-order valence-corrected chi connectivity index (χ2v) is 6.20. The summed E-state index contributed by atoms with van der Waals surface area (Å²) in [6, 6.07) is 8.02. The summed E-state index contributed by atoms with van der Waals surface area (Å²) in [5.41, 5.74) is 0.994. The van der Waals surface area contributed by atoms with Crippen molar-refractivity contribution in [1.82, 2.24) is 4.90 Å². The predicted octanol–water partition coefficient (Wildman–Crippen LogP) is 2.36. The van der Waals surface area contributed by atoms with Crippen molar-refractivity contribution in [3.8, 4) is 0 Å². The summed E-state index contributed by atoms with van der Waals surface area (Å²) in [6.45, 7) is 2.19. The average molecular weight is 306 g/mol. The Morgan fingerprint density at radius 3 is 2.95 bits per heavy atom. The molecule has 6 heteroatoms. The lowest BCUT2D eigenvalue weighted by atomic mass is 10.2. The van der Waals surface area contributed by atoms with Crippen molar-refractivity contribution in [1.29, 1.82) is 0 Å². The van der Waals surface area contributed by atoms with Crippen LogP contribution in [0.3, 0.4) is 0 Å². The van der Waals surface area contributed by atoms with E-state index < -0.39 is 0 Å². The highest BCUT2D eigenvalue weighted by molar-refractivity contribution is 7.99. The van der Waals surface area contributed by atoms with E-state index in [1.165, 1.54) is 0 Å². The van der Waals surface area contributed by atoms with Gasteiger partial charge in [0.15, 0.2) is 0 Å². The van der Waals surface area contributed by atoms with Gasteiger partial charge < -0.3 is 14.5 Å². The molecule has 0 aliphatic carbocycles. The fraction of sp³-hybridized carbons (Fsp3) is 0.467. The molecule has 3 rings (SSSR count). The molecule has 2 aliphatic rings. The fourth-order valence-corrected chi connectivity index (χ4v) is 3.58. The van der Waals surface area contributed by atoms with Gasteiger partial charge >= 0.3 is 6.09 Å². The van der Waals surface area contributed by atoms with Gasteiger partial charge in [-0.25, -0.2) is 4.79 Å². The maximum absolute atomic E-state index is 12.5. The van der Waals surface area contributed by atoms with Crippen LogP contribution in [-0.4, -0.2) is 48.9 Å². The summed E-state index contributed by atoms with van der Waals surface area (Å²) in [5, 5.41) is 0. The van der Waals surface area contributed by atoms with Crippen molar-refractivity contribution in [3.63, 3.8) is 0 Å². The van der Waals surface area contributed by atoms with Crippen LogP contribution in [0.1, 0.15) is 12.8 Å². The topological polar surface area (TPSA) is 49.9 Å². The quantitative estimate of drug-likeness (QED) is 0.860. The van der Waals surface area contributed by atoms with Crippen molar-refractivity contribution in [2.24, 2.45) is 0 Å². The van der Waals surface area contributed by atoms with Gasteiger partial charge in [-0.3, -0.25) is 4.79 Å². The smallest absolute Gasteiger partial charge is 0.409 e. The molecule has 1 aromatic rings. The number of thioether (sulfide) groups is 1. The number of para-hydroxylation sites is 1. The molecule has 1 aromatic carbocycles. The van der Waals surface area contributed by atoms with E-state index in [9.17, 15) is 9.59 Å². The number of hydrogen-bond acceptors (Lipinski definition) is 4. The van der Waals surface area contributed by atoms with Gasteiger partial charge in [-0.15, -0.1) is 11.8 Å². The monoisotopic (exact) mass is 306 g/mol. The van der Waals surface area contributed by atoms with E-state index in [1.54, 1.807) is 16.7 Å². The van der Waals surface area contributed by atoms with Crippen LogP contribution >= 0.6 is 11.8 Å². The minimum absolute atomic E-state index is 0.0738. The third-order valence-corrected chi connectivity index (χ3v) is 4.83. The predicted molar refractivity (Wildman–Crippen MR) is 81.7 cm³/mol. The minimum Gasteiger partial charge on any atom is -0.448 e. The zero-order valence-electron chi connectivity index (χ0n) is 11.8. The van der Waals surface area contributed by atoms with Gasteiger partial charge in [0.1, 0.15) is 6.61 Å². The molecule has 112 valence electrons. The second kappa shape index (κ2) is 6.39. The third kappa shape index (κ3) is 3.15. The van der Waals surface area contributed by atoms with E-state index in [1.807, 2.05) is 23.1 Å². The van der Waals surface area contributed by atoms with Crippen molar-refractivity contribution in [2.75, 3.05) is 36.9 Å². The summed E-state index contributed by atoms with van der Waals surface area (Å²) in [5.74, 6) is 1.10. The molecule has 0 unspecified atom stereocenters. The Balaban J connectivity index is 1.68. The number of rotatable bonds is 3. The lowest BCUT2D eigenvalue weighted by Gasteiger charge is -2.23. The standard InChI is InChI=1S/C15H18N2O3S/c18-14(6-8-16-9-10-20-15(16)19)17-7-3-11-21-13-5-2-1-4-12(13)17/h1-2,4-5H,3,6-11H2. The molecule has 0 spiro atoms. The zero-order chi connectivity index (χ0) is 14.7. The highest BCUT2D eigenvalue weighted by Crippen LogP contribution is 2.33. The van der Waals surface area contributed by atoms with Crippen LogP contribution in [0.2, 0.25) is 0 Å². The first-order chi connectivity index (χ1) is 10.3. The maximum atomic E-state index is 12.5. The van der Waals surface area contributed by atoms with E-state index in [-0.39, 0.29) is 12.0 Å². The number of anilines is 1. The third-order valence-electron chi connectivity index (χ3n) is 3.68.